The van der Waals surface area contributed by atoms with Crippen molar-refractivity contribution < 1.29 is 13.9 Å². The first-order chi connectivity index (χ1) is 8.51. The molecule has 2 unspecified atom stereocenters. The maximum Gasteiger partial charge on any atom is 0.152 e. The molecule has 0 saturated carbocycles. The first kappa shape index (κ1) is 13.7. The van der Waals surface area contributed by atoms with Crippen LogP contribution in [0.2, 0.25) is 0 Å². The van der Waals surface area contributed by atoms with E-state index >= 15 is 0 Å². The van der Waals surface area contributed by atoms with Crippen LogP contribution in [0.15, 0.2) is 12.1 Å². The number of carbonyl (C=O) groups excluding carboxylic acids is 1. The number of hydrogen-bond acceptors (Lipinski definition) is 3. The molecule has 98 valence electrons. The first-order valence-electron chi connectivity index (χ1n) is 5.86. The average Bonchev–Trinajstić information content (AvgIpc) is 2.30. The molecule has 0 aromatic heterocycles. The molecule has 0 aliphatic carbocycles. The Hall–Kier alpha value is -0.690. The molecular formula is C13H15FINO2. The molecule has 1 aliphatic heterocycles. The lowest BCUT2D eigenvalue weighted by molar-refractivity contribution is -0.00527. The Morgan fingerprint density at radius 2 is 2.00 bits per heavy atom. The number of nitrogens with zero attached hydrogens (tertiary/aromatic N) is 1. The molecule has 5 heteroatoms. The minimum Gasteiger partial charge on any atom is -0.372 e. The fraction of sp³-hybridized carbons (Fsp3) is 0.462. The SMILES string of the molecule is CC1CN(c2cc(F)c(I)cc2C=O)CC(C)O1. The van der Waals surface area contributed by atoms with Crippen LogP contribution < -0.4 is 4.90 Å². The molecule has 3 nitrogen and oxygen atoms in total. The van der Waals surface area contributed by atoms with Crippen molar-refractivity contribution >= 4 is 34.6 Å². The Labute approximate surface area is 119 Å². The van der Waals surface area contributed by atoms with Gasteiger partial charge in [-0.15, -0.1) is 0 Å². The number of carbonyl (C=O) groups is 1. The lowest BCUT2D eigenvalue weighted by Crippen LogP contribution is -2.45. The molecule has 1 aromatic rings. The lowest BCUT2D eigenvalue weighted by Gasteiger charge is -2.37. The summed E-state index contributed by atoms with van der Waals surface area (Å²) in [7, 11) is 0. The summed E-state index contributed by atoms with van der Waals surface area (Å²) in [6, 6.07) is 3.03. The number of aldehydes is 1. The summed E-state index contributed by atoms with van der Waals surface area (Å²) in [4.78, 5) is 13.1. The molecule has 1 fully saturated rings. The van der Waals surface area contributed by atoms with Crippen LogP contribution in [-0.2, 0) is 4.74 Å². The molecule has 1 heterocycles. The molecule has 18 heavy (non-hydrogen) atoms. The zero-order valence-electron chi connectivity index (χ0n) is 10.3. The highest BCUT2D eigenvalue weighted by Crippen LogP contribution is 2.27. The number of benzene rings is 1. The van der Waals surface area contributed by atoms with Gasteiger partial charge in [0, 0.05) is 22.2 Å². The van der Waals surface area contributed by atoms with Crippen molar-refractivity contribution in [2.24, 2.45) is 0 Å². The van der Waals surface area contributed by atoms with E-state index < -0.39 is 0 Å². The predicted octanol–water partition coefficient (Wildman–Crippen LogP) is 2.86. The highest BCUT2D eigenvalue weighted by molar-refractivity contribution is 14.1. The van der Waals surface area contributed by atoms with Crippen LogP contribution in [0, 0.1) is 9.39 Å². The van der Waals surface area contributed by atoms with E-state index in [-0.39, 0.29) is 18.0 Å². The van der Waals surface area contributed by atoms with Crippen LogP contribution in [0.25, 0.3) is 0 Å². The second-order valence-electron chi connectivity index (χ2n) is 4.61. The number of rotatable bonds is 2. The van der Waals surface area contributed by atoms with Gasteiger partial charge in [-0.05, 0) is 48.6 Å². The summed E-state index contributed by atoms with van der Waals surface area (Å²) >= 11 is 1.89. The van der Waals surface area contributed by atoms with Gasteiger partial charge in [0.15, 0.2) is 6.29 Å². The topological polar surface area (TPSA) is 29.5 Å². The van der Waals surface area contributed by atoms with Crippen molar-refractivity contribution in [1.82, 2.24) is 0 Å². The smallest absolute Gasteiger partial charge is 0.152 e. The van der Waals surface area contributed by atoms with Crippen molar-refractivity contribution in [1.29, 1.82) is 0 Å². The molecule has 1 saturated heterocycles. The second kappa shape index (κ2) is 5.52. The molecule has 0 amide bonds. The Balaban J connectivity index is 2.37. The zero-order chi connectivity index (χ0) is 13.3. The Bertz CT molecular complexity index is 457. The first-order valence-corrected chi connectivity index (χ1v) is 6.93. The van der Waals surface area contributed by atoms with Crippen LogP contribution in [0.4, 0.5) is 10.1 Å². The van der Waals surface area contributed by atoms with Gasteiger partial charge in [0.2, 0.25) is 0 Å². The highest BCUT2D eigenvalue weighted by atomic mass is 127. The van der Waals surface area contributed by atoms with Gasteiger partial charge in [-0.2, -0.15) is 0 Å². The van der Waals surface area contributed by atoms with Crippen LogP contribution in [-0.4, -0.2) is 31.6 Å². The van der Waals surface area contributed by atoms with E-state index in [2.05, 4.69) is 0 Å². The number of hydrogen-bond donors (Lipinski definition) is 0. The fourth-order valence-corrected chi connectivity index (χ4v) is 2.79. The van der Waals surface area contributed by atoms with E-state index in [4.69, 9.17) is 4.74 Å². The number of halogens is 2. The van der Waals surface area contributed by atoms with Crippen LogP contribution in [0.5, 0.6) is 0 Å². The monoisotopic (exact) mass is 363 g/mol. The van der Waals surface area contributed by atoms with Gasteiger partial charge in [0.1, 0.15) is 5.82 Å². The normalized spacial score (nSPS) is 24.1. The van der Waals surface area contributed by atoms with Crippen LogP contribution >= 0.6 is 22.6 Å². The maximum atomic E-state index is 13.7. The zero-order valence-corrected chi connectivity index (χ0v) is 12.5. The summed E-state index contributed by atoms with van der Waals surface area (Å²) in [5, 5.41) is 0. The van der Waals surface area contributed by atoms with Gasteiger partial charge in [-0.3, -0.25) is 4.79 Å². The van der Waals surface area contributed by atoms with Gasteiger partial charge in [0.25, 0.3) is 0 Å². The van der Waals surface area contributed by atoms with Crippen molar-refractivity contribution in [2.75, 3.05) is 18.0 Å². The Kier molecular flexibility index (Phi) is 4.21. The maximum absolute atomic E-state index is 13.7. The van der Waals surface area contributed by atoms with E-state index in [0.29, 0.717) is 27.9 Å². The fourth-order valence-electron chi connectivity index (χ4n) is 2.29. The van der Waals surface area contributed by atoms with E-state index in [1.165, 1.54) is 6.07 Å². The minimum atomic E-state index is -0.289. The van der Waals surface area contributed by atoms with E-state index in [1.807, 2.05) is 41.3 Å². The molecule has 0 bridgehead atoms. The lowest BCUT2D eigenvalue weighted by atomic mass is 10.1. The average molecular weight is 363 g/mol. The van der Waals surface area contributed by atoms with E-state index in [1.54, 1.807) is 6.07 Å². The predicted molar refractivity (Wildman–Crippen MR) is 76.7 cm³/mol. The van der Waals surface area contributed by atoms with Gasteiger partial charge in [-0.1, -0.05) is 0 Å². The van der Waals surface area contributed by atoms with Crippen molar-refractivity contribution in [3.8, 4) is 0 Å². The minimum absolute atomic E-state index is 0.0793. The third-order valence-electron chi connectivity index (χ3n) is 2.96. The van der Waals surface area contributed by atoms with Crippen molar-refractivity contribution in [2.45, 2.75) is 26.1 Å². The summed E-state index contributed by atoms with van der Waals surface area (Å²) < 4.78 is 19.8. The van der Waals surface area contributed by atoms with Gasteiger partial charge < -0.3 is 9.64 Å². The summed E-state index contributed by atoms with van der Waals surface area (Å²) in [5.41, 5.74) is 1.19. The number of anilines is 1. The molecule has 0 spiro atoms. The summed E-state index contributed by atoms with van der Waals surface area (Å²) in [6.07, 6.45) is 0.938. The van der Waals surface area contributed by atoms with E-state index in [0.717, 1.165) is 6.29 Å². The number of ether oxygens (including phenoxy) is 1. The van der Waals surface area contributed by atoms with E-state index in [9.17, 15) is 9.18 Å². The summed E-state index contributed by atoms with van der Waals surface area (Å²) in [5.74, 6) is -0.289. The number of morpholine rings is 1. The Morgan fingerprint density at radius 3 is 2.56 bits per heavy atom. The van der Waals surface area contributed by atoms with Gasteiger partial charge in [0.05, 0.1) is 17.9 Å². The largest absolute Gasteiger partial charge is 0.372 e. The standard InChI is InChI=1S/C13H15FINO2/c1-8-5-16(6-9(2)18-8)13-4-11(14)12(15)3-10(13)7-17/h3-4,7-9H,5-6H2,1-2H3. The molecule has 1 aromatic carbocycles. The van der Waals surface area contributed by atoms with Crippen molar-refractivity contribution in [3.63, 3.8) is 0 Å². The third-order valence-corrected chi connectivity index (χ3v) is 3.78. The van der Waals surface area contributed by atoms with Crippen LogP contribution in [0.1, 0.15) is 24.2 Å². The quantitative estimate of drug-likeness (QED) is 0.598. The third kappa shape index (κ3) is 2.83. The molecule has 0 N–H and O–H groups in total. The molecule has 1 aliphatic rings. The second-order valence-corrected chi connectivity index (χ2v) is 5.77. The van der Waals surface area contributed by atoms with Crippen LogP contribution in [0.3, 0.4) is 0 Å². The molecule has 2 atom stereocenters. The summed E-state index contributed by atoms with van der Waals surface area (Å²) in [6.45, 7) is 5.30. The molecular weight excluding hydrogens is 348 g/mol. The Morgan fingerprint density at radius 1 is 1.39 bits per heavy atom. The van der Waals surface area contributed by atoms with Gasteiger partial charge >= 0.3 is 0 Å². The highest BCUT2D eigenvalue weighted by Gasteiger charge is 2.24. The van der Waals surface area contributed by atoms with Gasteiger partial charge in [-0.25, -0.2) is 4.39 Å². The van der Waals surface area contributed by atoms with Crippen molar-refractivity contribution in [3.05, 3.63) is 27.1 Å². The molecule has 2 rings (SSSR count). The molecule has 0 radical (unpaired) electrons.